The highest BCUT2D eigenvalue weighted by atomic mass is 79.9. The monoisotopic (exact) mass is 429 g/mol. The molecule has 1 saturated heterocycles. The molecule has 1 unspecified atom stereocenters. The van der Waals surface area contributed by atoms with E-state index in [0.29, 0.717) is 5.01 Å². The van der Waals surface area contributed by atoms with E-state index in [4.69, 9.17) is 0 Å². The molecular formula is C16H20BrN3O2S2. The lowest BCUT2D eigenvalue weighted by Gasteiger charge is -2.31. The zero-order valence-corrected chi connectivity index (χ0v) is 16.6. The first kappa shape index (κ1) is 18.0. The van der Waals surface area contributed by atoms with Crippen molar-refractivity contribution in [1.29, 1.82) is 0 Å². The van der Waals surface area contributed by atoms with Crippen molar-refractivity contribution in [2.75, 3.05) is 19.6 Å². The lowest BCUT2D eigenvalue weighted by atomic mass is 10.1. The Hall–Kier alpha value is -0.800. The SMILES string of the molecule is CCN1CCCC(NS(=O)(=O)c2csc(-c3ccc(Br)cc3)n2)C1. The number of likely N-dealkylation sites (N-methyl/N-ethyl adjacent to an activating group) is 1. The molecule has 1 aliphatic rings. The normalized spacial score (nSPS) is 19.5. The van der Waals surface area contributed by atoms with Gasteiger partial charge in [0.2, 0.25) is 0 Å². The summed E-state index contributed by atoms with van der Waals surface area (Å²) in [5.41, 5.74) is 0.916. The molecule has 1 aromatic heterocycles. The highest BCUT2D eigenvalue weighted by Crippen LogP contribution is 2.27. The zero-order chi connectivity index (χ0) is 17.2. The Labute approximate surface area is 155 Å². The molecule has 1 N–H and O–H groups in total. The molecule has 1 aromatic carbocycles. The maximum Gasteiger partial charge on any atom is 0.259 e. The molecular weight excluding hydrogens is 410 g/mol. The molecule has 0 saturated carbocycles. The van der Waals surface area contributed by atoms with Crippen molar-refractivity contribution in [2.24, 2.45) is 0 Å². The summed E-state index contributed by atoms with van der Waals surface area (Å²) in [6.45, 7) is 4.85. The van der Waals surface area contributed by atoms with E-state index in [9.17, 15) is 8.42 Å². The molecule has 130 valence electrons. The van der Waals surface area contributed by atoms with Gasteiger partial charge in [0.25, 0.3) is 10.0 Å². The van der Waals surface area contributed by atoms with Crippen LogP contribution in [0, 0.1) is 0 Å². The number of halogens is 1. The summed E-state index contributed by atoms with van der Waals surface area (Å²) in [6.07, 6.45) is 1.89. The van der Waals surface area contributed by atoms with Gasteiger partial charge in [0, 0.05) is 28.0 Å². The third kappa shape index (κ3) is 4.23. The van der Waals surface area contributed by atoms with Gasteiger partial charge in [-0.05, 0) is 38.1 Å². The minimum atomic E-state index is -3.57. The van der Waals surface area contributed by atoms with Crippen LogP contribution in [0.25, 0.3) is 10.6 Å². The number of hydrogen-bond acceptors (Lipinski definition) is 5. The largest absolute Gasteiger partial charge is 0.302 e. The van der Waals surface area contributed by atoms with Crippen molar-refractivity contribution < 1.29 is 8.42 Å². The molecule has 8 heteroatoms. The molecule has 3 rings (SSSR count). The van der Waals surface area contributed by atoms with Gasteiger partial charge < -0.3 is 4.90 Å². The van der Waals surface area contributed by atoms with Gasteiger partial charge in [-0.3, -0.25) is 0 Å². The fourth-order valence-corrected chi connectivity index (χ4v) is 5.45. The first-order chi connectivity index (χ1) is 11.5. The summed E-state index contributed by atoms with van der Waals surface area (Å²) in [5.74, 6) is 0. The van der Waals surface area contributed by atoms with Crippen molar-refractivity contribution in [3.05, 3.63) is 34.1 Å². The fraction of sp³-hybridized carbons (Fsp3) is 0.438. The zero-order valence-electron chi connectivity index (χ0n) is 13.4. The number of sulfonamides is 1. The third-order valence-electron chi connectivity index (χ3n) is 4.12. The minimum Gasteiger partial charge on any atom is -0.302 e. The quantitative estimate of drug-likeness (QED) is 0.791. The summed E-state index contributed by atoms with van der Waals surface area (Å²) in [6, 6.07) is 7.65. The first-order valence-electron chi connectivity index (χ1n) is 7.94. The van der Waals surface area contributed by atoms with E-state index < -0.39 is 10.0 Å². The van der Waals surface area contributed by atoms with Gasteiger partial charge >= 0.3 is 0 Å². The van der Waals surface area contributed by atoms with Crippen LogP contribution in [0.1, 0.15) is 19.8 Å². The molecule has 24 heavy (non-hydrogen) atoms. The van der Waals surface area contributed by atoms with Crippen LogP contribution in [-0.2, 0) is 10.0 Å². The van der Waals surface area contributed by atoms with E-state index in [1.54, 1.807) is 5.38 Å². The topological polar surface area (TPSA) is 62.3 Å². The Morgan fingerprint density at radius 3 is 2.83 bits per heavy atom. The Morgan fingerprint density at radius 2 is 2.12 bits per heavy atom. The van der Waals surface area contributed by atoms with Crippen LogP contribution >= 0.6 is 27.3 Å². The Morgan fingerprint density at radius 1 is 1.38 bits per heavy atom. The molecule has 2 heterocycles. The average molecular weight is 430 g/mol. The number of aromatic nitrogens is 1. The van der Waals surface area contributed by atoms with Crippen LogP contribution in [0.4, 0.5) is 0 Å². The van der Waals surface area contributed by atoms with E-state index in [1.807, 2.05) is 24.3 Å². The van der Waals surface area contributed by atoms with Crippen molar-refractivity contribution in [3.63, 3.8) is 0 Å². The van der Waals surface area contributed by atoms with Gasteiger partial charge in [0.15, 0.2) is 5.03 Å². The van der Waals surface area contributed by atoms with Crippen molar-refractivity contribution in [2.45, 2.75) is 30.8 Å². The maximum absolute atomic E-state index is 12.6. The predicted octanol–water partition coefficient (Wildman–Crippen LogP) is 3.34. The highest BCUT2D eigenvalue weighted by molar-refractivity contribution is 9.10. The number of piperidine rings is 1. The average Bonchev–Trinajstić information content (AvgIpc) is 3.06. The second kappa shape index (κ2) is 7.61. The molecule has 0 spiro atoms. The molecule has 1 fully saturated rings. The molecule has 0 radical (unpaired) electrons. The van der Waals surface area contributed by atoms with Crippen molar-refractivity contribution in [3.8, 4) is 10.6 Å². The van der Waals surface area contributed by atoms with E-state index in [0.717, 1.165) is 42.5 Å². The van der Waals surface area contributed by atoms with Crippen LogP contribution in [0.5, 0.6) is 0 Å². The van der Waals surface area contributed by atoms with Gasteiger partial charge in [0.1, 0.15) is 5.01 Å². The summed E-state index contributed by atoms with van der Waals surface area (Å²) < 4.78 is 29.0. The molecule has 0 bridgehead atoms. The molecule has 1 atom stereocenters. The number of hydrogen-bond donors (Lipinski definition) is 1. The Balaban J connectivity index is 1.74. The van der Waals surface area contributed by atoms with Crippen LogP contribution in [-0.4, -0.2) is 44.0 Å². The number of nitrogens with one attached hydrogen (secondary N) is 1. The van der Waals surface area contributed by atoms with Gasteiger partial charge in [-0.2, -0.15) is 0 Å². The smallest absolute Gasteiger partial charge is 0.259 e. The third-order valence-corrected chi connectivity index (χ3v) is 7.10. The summed E-state index contributed by atoms with van der Waals surface area (Å²) in [4.78, 5) is 6.59. The number of benzene rings is 1. The van der Waals surface area contributed by atoms with Gasteiger partial charge in [0.05, 0.1) is 0 Å². The second-order valence-electron chi connectivity index (χ2n) is 5.85. The van der Waals surface area contributed by atoms with Crippen molar-refractivity contribution in [1.82, 2.24) is 14.6 Å². The first-order valence-corrected chi connectivity index (χ1v) is 11.1. The Kier molecular flexibility index (Phi) is 5.71. The van der Waals surface area contributed by atoms with Crippen LogP contribution < -0.4 is 4.72 Å². The Bertz CT molecular complexity index is 790. The van der Waals surface area contributed by atoms with Gasteiger partial charge in [-0.25, -0.2) is 18.1 Å². The summed E-state index contributed by atoms with van der Waals surface area (Å²) in [7, 11) is -3.57. The standard InChI is InChI=1S/C16H20BrN3O2S2/c1-2-20-9-3-4-14(10-20)19-24(21,22)15-11-23-16(18-15)12-5-7-13(17)8-6-12/h5-8,11,14,19H,2-4,9-10H2,1H3. The lowest BCUT2D eigenvalue weighted by Crippen LogP contribution is -2.47. The van der Waals surface area contributed by atoms with Crippen molar-refractivity contribution >= 4 is 37.3 Å². The number of rotatable bonds is 5. The molecule has 0 aliphatic carbocycles. The highest BCUT2D eigenvalue weighted by Gasteiger charge is 2.26. The summed E-state index contributed by atoms with van der Waals surface area (Å²) in [5, 5.41) is 2.43. The minimum absolute atomic E-state index is 0.0402. The summed E-state index contributed by atoms with van der Waals surface area (Å²) >= 11 is 4.74. The second-order valence-corrected chi connectivity index (χ2v) is 9.29. The number of thiazole rings is 1. The van der Waals surface area contributed by atoms with E-state index in [2.05, 4.69) is 37.5 Å². The maximum atomic E-state index is 12.6. The molecule has 5 nitrogen and oxygen atoms in total. The number of likely N-dealkylation sites (tertiary alicyclic amines) is 1. The van der Waals surface area contributed by atoms with E-state index in [-0.39, 0.29) is 11.1 Å². The van der Waals surface area contributed by atoms with Gasteiger partial charge in [-0.1, -0.05) is 35.0 Å². The van der Waals surface area contributed by atoms with Crippen LogP contribution in [0.3, 0.4) is 0 Å². The van der Waals surface area contributed by atoms with E-state index in [1.165, 1.54) is 11.3 Å². The van der Waals surface area contributed by atoms with E-state index >= 15 is 0 Å². The number of nitrogens with zero attached hydrogens (tertiary/aromatic N) is 2. The van der Waals surface area contributed by atoms with Gasteiger partial charge in [-0.15, -0.1) is 11.3 Å². The molecule has 1 aliphatic heterocycles. The fourth-order valence-electron chi connectivity index (χ4n) is 2.83. The predicted molar refractivity (Wildman–Crippen MR) is 101 cm³/mol. The van der Waals surface area contributed by atoms with Crippen LogP contribution in [0.15, 0.2) is 39.1 Å². The lowest BCUT2D eigenvalue weighted by molar-refractivity contribution is 0.211. The van der Waals surface area contributed by atoms with Crippen LogP contribution in [0.2, 0.25) is 0 Å². The molecule has 2 aromatic rings. The molecule has 0 amide bonds.